The van der Waals surface area contributed by atoms with Gasteiger partial charge in [-0.2, -0.15) is 0 Å². The van der Waals surface area contributed by atoms with Gasteiger partial charge in [-0.3, -0.25) is 14.4 Å². The molecule has 1 unspecified atom stereocenters. The Balaban J connectivity index is 4.48. The molecule has 0 bridgehead atoms. The number of esters is 3. The zero-order valence-electron chi connectivity index (χ0n) is 52.5. The first-order valence-corrected chi connectivity index (χ1v) is 33.3. The molecule has 0 aliphatic rings. The highest BCUT2D eigenvalue weighted by Crippen LogP contribution is 2.14. The lowest BCUT2D eigenvalue weighted by molar-refractivity contribution is -0.167. The van der Waals surface area contributed by atoms with E-state index in [9.17, 15) is 14.4 Å². The molecule has 1 atom stereocenters. The lowest BCUT2D eigenvalue weighted by Gasteiger charge is -2.18. The number of unbranched alkanes of at least 4 members (excludes halogenated alkanes) is 24. The summed E-state index contributed by atoms with van der Waals surface area (Å²) in [7, 11) is 0. The summed E-state index contributed by atoms with van der Waals surface area (Å²) in [4.78, 5) is 38.4. The van der Waals surface area contributed by atoms with E-state index in [1.807, 2.05) is 0 Å². The van der Waals surface area contributed by atoms with Crippen LogP contribution in [0.5, 0.6) is 0 Å². The minimum Gasteiger partial charge on any atom is -0.462 e. The van der Waals surface area contributed by atoms with Gasteiger partial charge in [-0.05, 0) is 148 Å². The van der Waals surface area contributed by atoms with Crippen LogP contribution in [0, 0.1) is 0 Å². The molecular weight excluding hydrogens is 997 g/mol. The minimum absolute atomic E-state index is 0.100. The Morgan fingerprint density at radius 1 is 0.259 bits per heavy atom. The van der Waals surface area contributed by atoms with Gasteiger partial charge in [-0.1, -0.05) is 269 Å². The standard InChI is InChI=1S/C75H122O6/c1-4-7-10-13-16-19-22-25-28-31-34-35-36-37-38-39-42-44-47-50-53-56-59-62-65-68-74(77)80-71-72(81-75(78)69-66-63-60-57-54-51-48-45-41-33-30-27-24-21-18-15-12-9-6-3)70-79-73(76)67-64-61-58-55-52-49-46-43-40-32-29-26-23-20-17-14-11-8-5-2/h7,10,16-21,25-30,34-35,37-38,40-45,72H,4-6,8-9,11-15,22-24,31-33,36,39,46-71H2,1-3H3/b10-7-,19-16-,20-17-,21-18-,28-25-,29-26-,30-27-,35-34-,38-37-,43-40-,44-42-,45-41-. The number of hydrogen-bond donors (Lipinski definition) is 0. The van der Waals surface area contributed by atoms with Crippen LogP contribution in [0.3, 0.4) is 0 Å². The molecule has 6 heteroatoms. The van der Waals surface area contributed by atoms with Gasteiger partial charge >= 0.3 is 17.9 Å². The Morgan fingerprint density at radius 2 is 0.481 bits per heavy atom. The molecule has 81 heavy (non-hydrogen) atoms. The number of carbonyl (C=O) groups excluding carboxylic acids is 3. The predicted octanol–water partition coefficient (Wildman–Crippen LogP) is 23.1. The molecular formula is C75H122O6. The zero-order chi connectivity index (χ0) is 58.5. The van der Waals surface area contributed by atoms with Crippen molar-refractivity contribution in [3.05, 3.63) is 146 Å². The third-order valence-electron chi connectivity index (χ3n) is 13.8. The molecule has 0 aliphatic carbocycles. The molecule has 0 amide bonds. The van der Waals surface area contributed by atoms with Gasteiger partial charge in [0.15, 0.2) is 6.10 Å². The van der Waals surface area contributed by atoms with Crippen molar-refractivity contribution in [1.29, 1.82) is 0 Å². The Bertz CT molecular complexity index is 1760. The van der Waals surface area contributed by atoms with Crippen LogP contribution in [0.4, 0.5) is 0 Å². The van der Waals surface area contributed by atoms with Crippen LogP contribution in [0.15, 0.2) is 146 Å². The summed E-state index contributed by atoms with van der Waals surface area (Å²) in [5.41, 5.74) is 0. The third kappa shape index (κ3) is 66.0. The largest absolute Gasteiger partial charge is 0.462 e. The fourth-order valence-electron chi connectivity index (χ4n) is 8.81. The number of carbonyl (C=O) groups is 3. The molecule has 0 aromatic carbocycles. The second kappa shape index (κ2) is 67.8. The van der Waals surface area contributed by atoms with E-state index in [0.717, 1.165) is 161 Å². The number of allylic oxidation sites excluding steroid dienone is 24. The Kier molecular flexibility index (Phi) is 63.9. The summed E-state index contributed by atoms with van der Waals surface area (Å²) < 4.78 is 16.9. The van der Waals surface area contributed by atoms with E-state index in [1.54, 1.807) is 0 Å². The van der Waals surface area contributed by atoms with Crippen LogP contribution < -0.4 is 0 Å². The van der Waals surface area contributed by atoms with Gasteiger partial charge in [0.05, 0.1) is 0 Å². The molecule has 0 radical (unpaired) electrons. The first kappa shape index (κ1) is 76.3. The Labute approximate surface area is 499 Å². The molecule has 0 N–H and O–H groups in total. The molecule has 0 rings (SSSR count). The minimum atomic E-state index is -0.806. The second-order valence-corrected chi connectivity index (χ2v) is 21.6. The number of hydrogen-bond acceptors (Lipinski definition) is 6. The maximum Gasteiger partial charge on any atom is 0.306 e. The summed E-state index contributed by atoms with van der Waals surface area (Å²) in [5.74, 6) is -0.937. The summed E-state index contributed by atoms with van der Waals surface area (Å²) in [5, 5.41) is 0. The van der Waals surface area contributed by atoms with Gasteiger partial charge in [0.25, 0.3) is 0 Å². The van der Waals surface area contributed by atoms with Crippen molar-refractivity contribution >= 4 is 17.9 Å². The molecule has 0 spiro atoms. The summed E-state index contributed by atoms with van der Waals surface area (Å²) in [6.07, 6.45) is 97.0. The van der Waals surface area contributed by atoms with Crippen molar-refractivity contribution in [2.24, 2.45) is 0 Å². The van der Waals surface area contributed by atoms with Crippen molar-refractivity contribution < 1.29 is 28.6 Å². The van der Waals surface area contributed by atoms with Crippen molar-refractivity contribution in [3.63, 3.8) is 0 Å². The highest BCUT2D eigenvalue weighted by molar-refractivity contribution is 5.71. The molecule has 0 aromatic rings. The highest BCUT2D eigenvalue weighted by atomic mass is 16.6. The van der Waals surface area contributed by atoms with Crippen molar-refractivity contribution in [1.82, 2.24) is 0 Å². The molecule has 0 aromatic heterocycles. The maximum absolute atomic E-state index is 12.9. The van der Waals surface area contributed by atoms with E-state index in [1.165, 1.54) is 89.9 Å². The Morgan fingerprint density at radius 3 is 0.753 bits per heavy atom. The second-order valence-electron chi connectivity index (χ2n) is 21.6. The van der Waals surface area contributed by atoms with Crippen LogP contribution >= 0.6 is 0 Å². The fourth-order valence-corrected chi connectivity index (χ4v) is 8.81. The van der Waals surface area contributed by atoms with Gasteiger partial charge in [0.1, 0.15) is 13.2 Å². The van der Waals surface area contributed by atoms with E-state index >= 15 is 0 Å². The SMILES string of the molecule is CC/C=C\C/C=C\C/C=C\C/C=C\C/C=C\C/C=C\CCCCCCCCC(=O)OCC(COC(=O)CCCCCCCC/C=C\C/C=C\C/C=C\CCCCC)OC(=O)CCCCCCCC/C=C\C/C=C\C/C=C\CCCCC. The summed E-state index contributed by atoms with van der Waals surface area (Å²) >= 11 is 0. The summed E-state index contributed by atoms with van der Waals surface area (Å²) in [6, 6.07) is 0. The molecule has 6 nitrogen and oxygen atoms in total. The van der Waals surface area contributed by atoms with Crippen LogP contribution in [-0.2, 0) is 28.6 Å². The quantitative estimate of drug-likeness (QED) is 0.0261. The van der Waals surface area contributed by atoms with Crippen LogP contribution in [0.2, 0.25) is 0 Å². The van der Waals surface area contributed by atoms with Crippen LogP contribution in [0.25, 0.3) is 0 Å². The zero-order valence-corrected chi connectivity index (χ0v) is 52.5. The van der Waals surface area contributed by atoms with E-state index in [2.05, 4.69) is 167 Å². The average molecular weight is 1120 g/mol. The summed E-state index contributed by atoms with van der Waals surface area (Å²) in [6.45, 7) is 6.45. The van der Waals surface area contributed by atoms with Gasteiger partial charge in [-0.25, -0.2) is 0 Å². The van der Waals surface area contributed by atoms with Crippen molar-refractivity contribution in [2.75, 3.05) is 13.2 Å². The van der Waals surface area contributed by atoms with Gasteiger partial charge in [-0.15, -0.1) is 0 Å². The molecule has 0 heterocycles. The van der Waals surface area contributed by atoms with Crippen LogP contribution in [-0.4, -0.2) is 37.2 Å². The lowest BCUT2D eigenvalue weighted by Crippen LogP contribution is -2.30. The van der Waals surface area contributed by atoms with Crippen molar-refractivity contribution in [2.45, 2.75) is 297 Å². The van der Waals surface area contributed by atoms with E-state index < -0.39 is 6.10 Å². The predicted molar refractivity (Wildman–Crippen MR) is 352 cm³/mol. The normalized spacial score (nSPS) is 13.1. The van der Waals surface area contributed by atoms with E-state index in [-0.39, 0.29) is 31.1 Å². The molecule has 0 saturated carbocycles. The molecule has 0 aliphatic heterocycles. The van der Waals surface area contributed by atoms with Gasteiger partial charge in [0.2, 0.25) is 0 Å². The van der Waals surface area contributed by atoms with E-state index in [0.29, 0.717) is 19.3 Å². The monoisotopic (exact) mass is 1120 g/mol. The molecule has 0 fully saturated rings. The number of ether oxygens (including phenoxy) is 3. The highest BCUT2D eigenvalue weighted by Gasteiger charge is 2.19. The topological polar surface area (TPSA) is 78.9 Å². The van der Waals surface area contributed by atoms with Crippen molar-refractivity contribution in [3.8, 4) is 0 Å². The fraction of sp³-hybridized carbons (Fsp3) is 0.640. The lowest BCUT2D eigenvalue weighted by atomic mass is 10.1. The average Bonchev–Trinajstić information content (AvgIpc) is 3.47. The first-order valence-electron chi connectivity index (χ1n) is 33.3. The molecule has 0 saturated heterocycles. The smallest absolute Gasteiger partial charge is 0.306 e. The van der Waals surface area contributed by atoms with E-state index in [4.69, 9.17) is 14.2 Å². The third-order valence-corrected chi connectivity index (χ3v) is 13.8. The number of rotatable bonds is 59. The molecule has 458 valence electrons. The maximum atomic E-state index is 12.9. The van der Waals surface area contributed by atoms with Gasteiger partial charge in [0, 0.05) is 19.3 Å². The first-order chi connectivity index (χ1) is 40.0. The Hall–Kier alpha value is -4.71. The van der Waals surface area contributed by atoms with Crippen LogP contribution in [0.1, 0.15) is 290 Å². The van der Waals surface area contributed by atoms with Gasteiger partial charge < -0.3 is 14.2 Å².